The van der Waals surface area contributed by atoms with Crippen LogP contribution in [0, 0.1) is 18.8 Å². The molecule has 0 spiro atoms. The molecule has 0 saturated carbocycles. The fourth-order valence-corrected chi connectivity index (χ4v) is 2.58. The fourth-order valence-electron chi connectivity index (χ4n) is 1.75. The fraction of sp³-hybridized carbons (Fsp3) is 0.250. The van der Waals surface area contributed by atoms with Crippen molar-refractivity contribution >= 4 is 17.2 Å². The number of carbonyl (C=O) groups is 1. The van der Waals surface area contributed by atoms with E-state index in [0.29, 0.717) is 24.1 Å². The second kappa shape index (κ2) is 7.58. The maximum atomic E-state index is 12.2. The number of rotatable bonds is 4. The number of aromatic nitrogens is 1. The second-order valence-electron chi connectivity index (χ2n) is 4.39. The Kier molecular flexibility index (Phi) is 5.50. The van der Waals surface area contributed by atoms with Crippen LogP contribution in [0.1, 0.15) is 32.1 Å². The van der Waals surface area contributed by atoms with Crippen molar-refractivity contribution in [2.45, 2.75) is 19.9 Å². The van der Waals surface area contributed by atoms with Gasteiger partial charge < -0.3 is 10.4 Å². The molecule has 2 heterocycles. The van der Waals surface area contributed by atoms with Crippen LogP contribution in [0.5, 0.6) is 0 Å². The number of carbonyl (C=O) groups excluding carboxylic acids is 1. The highest BCUT2D eigenvalue weighted by Gasteiger charge is 2.10. The zero-order valence-electron chi connectivity index (χ0n) is 11.7. The summed E-state index contributed by atoms with van der Waals surface area (Å²) < 4.78 is 0. The van der Waals surface area contributed by atoms with E-state index >= 15 is 0 Å². The molecule has 0 aliphatic heterocycles. The van der Waals surface area contributed by atoms with Gasteiger partial charge in [-0.2, -0.15) is 0 Å². The van der Waals surface area contributed by atoms with Gasteiger partial charge in [-0.3, -0.25) is 9.78 Å². The summed E-state index contributed by atoms with van der Waals surface area (Å²) in [6.07, 6.45) is 3.51. The number of pyridine rings is 1. The Bertz CT molecular complexity index is 683. The molecule has 2 aromatic rings. The number of nitrogens with one attached hydrogen (secondary N) is 1. The normalized spacial score (nSPS) is 9.81. The van der Waals surface area contributed by atoms with Crippen LogP contribution in [0.4, 0.5) is 0 Å². The predicted octanol–water partition coefficient (Wildman–Crippen LogP) is 2.12. The van der Waals surface area contributed by atoms with E-state index in [0.717, 1.165) is 4.88 Å². The molecule has 108 valence electrons. The predicted molar refractivity (Wildman–Crippen MR) is 83.0 cm³/mol. The van der Waals surface area contributed by atoms with Crippen LogP contribution >= 0.6 is 11.3 Å². The third kappa shape index (κ3) is 4.42. The summed E-state index contributed by atoms with van der Waals surface area (Å²) in [5.41, 5.74) is 1.08. The molecule has 21 heavy (non-hydrogen) atoms. The minimum atomic E-state index is -0.170. The lowest BCUT2D eigenvalue weighted by Crippen LogP contribution is -2.23. The Labute approximate surface area is 127 Å². The molecular formula is C16H16N2O2S. The smallest absolute Gasteiger partial charge is 0.252 e. The number of thiophene rings is 1. The first-order valence-corrected chi connectivity index (χ1v) is 7.39. The molecule has 2 aromatic heterocycles. The molecule has 5 heteroatoms. The first kappa shape index (κ1) is 15.2. The van der Waals surface area contributed by atoms with Gasteiger partial charge in [0.15, 0.2) is 0 Å². The molecule has 4 nitrogen and oxygen atoms in total. The average molecular weight is 300 g/mol. The van der Waals surface area contributed by atoms with Crippen molar-refractivity contribution < 1.29 is 9.90 Å². The van der Waals surface area contributed by atoms with Gasteiger partial charge in [0.25, 0.3) is 5.91 Å². The van der Waals surface area contributed by atoms with Crippen LogP contribution in [0.3, 0.4) is 0 Å². The summed E-state index contributed by atoms with van der Waals surface area (Å²) in [6.45, 7) is 2.55. The molecule has 0 aliphatic rings. The lowest BCUT2D eigenvalue weighted by molar-refractivity contribution is 0.0951. The van der Waals surface area contributed by atoms with Crippen molar-refractivity contribution in [2.75, 3.05) is 6.61 Å². The quantitative estimate of drug-likeness (QED) is 0.850. The number of aliphatic hydroxyl groups excluding tert-OH is 1. The number of amides is 1. The number of nitrogens with zero attached hydrogens (tertiary/aromatic N) is 1. The molecule has 1 amide bonds. The minimum Gasteiger partial charge on any atom is -0.395 e. The number of aliphatic hydroxyl groups is 1. The molecule has 0 atom stereocenters. The van der Waals surface area contributed by atoms with Crippen molar-refractivity contribution in [3.05, 3.63) is 51.5 Å². The van der Waals surface area contributed by atoms with Crippen LogP contribution < -0.4 is 5.32 Å². The molecule has 0 aliphatic carbocycles. The summed E-state index contributed by atoms with van der Waals surface area (Å²) in [5, 5.41) is 11.6. The first-order chi connectivity index (χ1) is 10.2. The Morgan fingerprint density at radius 2 is 2.29 bits per heavy atom. The van der Waals surface area contributed by atoms with Gasteiger partial charge in [-0.15, -0.1) is 11.3 Å². The van der Waals surface area contributed by atoms with Crippen molar-refractivity contribution in [1.29, 1.82) is 0 Å². The van der Waals surface area contributed by atoms with Gasteiger partial charge in [0.1, 0.15) is 0 Å². The van der Waals surface area contributed by atoms with Crippen molar-refractivity contribution in [1.82, 2.24) is 10.3 Å². The van der Waals surface area contributed by atoms with E-state index in [9.17, 15) is 4.79 Å². The van der Waals surface area contributed by atoms with Gasteiger partial charge >= 0.3 is 0 Å². The van der Waals surface area contributed by atoms with Gasteiger partial charge in [-0.05, 0) is 25.1 Å². The van der Waals surface area contributed by atoms with Crippen LogP contribution in [-0.4, -0.2) is 22.6 Å². The van der Waals surface area contributed by atoms with Gasteiger partial charge in [0.05, 0.1) is 24.3 Å². The molecule has 0 fully saturated rings. The van der Waals surface area contributed by atoms with Gasteiger partial charge in [-0.1, -0.05) is 11.8 Å². The summed E-state index contributed by atoms with van der Waals surface area (Å²) in [6, 6.07) is 5.69. The molecule has 0 bridgehead atoms. The Morgan fingerprint density at radius 3 is 3.00 bits per heavy atom. The molecule has 0 saturated heterocycles. The van der Waals surface area contributed by atoms with Crippen molar-refractivity contribution in [2.24, 2.45) is 0 Å². The molecule has 0 unspecified atom stereocenters. The van der Waals surface area contributed by atoms with Crippen LogP contribution in [0.15, 0.2) is 30.6 Å². The van der Waals surface area contributed by atoms with Gasteiger partial charge in [0.2, 0.25) is 0 Å². The van der Waals surface area contributed by atoms with E-state index in [2.05, 4.69) is 22.1 Å². The van der Waals surface area contributed by atoms with E-state index in [-0.39, 0.29) is 12.5 Å². The maximum absolute atomic E-state index is 12.2. The summed E-state index contributed by atoms with van der Waals surface area (Å²) in [7, 11) is 0. The Balaban J connectivity index is 2.07. The van der Waals surface area contributed by atoms with E-state index in [4.69, 9.17) is 5.11 Å². The maximum Gasteiger partial charge on any atom is 0.252 e. The number of hydrogen-bond donors (Lipinski definition) is 2. The van der Waals surface area contributed by atoms with E-state index in [1.807, 2.05) is 19.1 Å². The lowest BCUT2D eigenvalue weighted by Gasteiger charge is -2.05. The zero-order chi connectivity index (χ0) is 15.1. The summed E-state index contributed by atoms with van der Waals surface area (Å²) in [4.78, 5) is 18.5. The zero-order valence-corrected chi connectivity index (χ0v) is 12.5. The standard InChI is InChI=1S/C16H16N2O2S/c1-12-5-6-14(21-12)11-18-16(20)15-7-8-17-10-13(15)4-2-3-9-19/h5-8,10,19H,3,9,11H2,1H3,(H,18,20). The van der Waals surface area contributed by atoms with Crippen LogP contribution in [-0.2, 0) is 6.54 Å². The van der Waals surface area contributed by atoms with Crippen molar-refractivity contribution in [3.63, 3.8) is 0 Å². The average Bonchev–Trinajstić information content (AvgIpc) is 2.91. The summed E-state index contributed by atoms with van der Waals surface area (Å²) in [5.74, 6) is 5.50. The van der Waals surface area contributed by atoms with Crippen molar-refractivity contribution in [3.8, 4) is 11.8 Å². The third-order valence-electron chi connectivity index (χ3n) is 2.74. The second-order valence-corrected chi connectivity index (χ2v) is 5.76. The number of aryl methyl sites for hydroxylation is 1. The SMILES string of the molecule is Cc1ccc(CNC(=O)c2ccncc2C#CCCO)s1. The van der Waals surface area contributed by atoms with E-state index < -0.39 is 0 Å². The van der Waals surface area contributed by atoms with Crippen LogP contribution in [0.2, 0.25) is 0 Å². The number of hydrogen-bond acceptors (Lipinski definition) is 4. The molecule has 0 radical (unpaired) electrons. The topological polar surface area (TPSA) is 62.2 Å². The minimum absolute atomic E-state index is 0.00647. The largest absolute Gasteiger partial charge is 0.395 e. The van der Waals surface area contributed by atoms with Crippen LogP contribution in [0.25, 0.3) is 0 Å². The highest BCUT2D eigenvalue weighted by molar-refractivity contribution is 7.11. The van der Waals surface area contributed by atoms with Gasteiger partial charge in [-0.25, -0.2) is 0 Å². The highest BCUT2D eigenvalue weighted by atomic mass is 32.1. The lowest BCUT2D eigenvalue weighted by atomic mass is 10.1. The molecular weight excluding hydrogens is 284 g/mol. The third-order valence-corrected chi connectivity index (χ3v) is 3.75. The van der Waals surface area contributed by atoms with E-state index in [1.165, 1.54) is 4.88 Å². The highest BCUT2D eigenvalue weighted by Crippen LogP contribution is 2.15. The van der Waals surface area contributed by atoms with E-state index in [1.54, 1.807) is 29.8 Å². The summed E-state index contributed by atoms with van der Waals surface area (Å²) >= 11 is 1.66. The molecule has 2 rings (SSSR count). The molecule has 2 N–H and O–H groups in total. The molecule has 0 aromatic carbocycles. The Morgan fingerprint density at radius 1 is 1.43 bits per heavy atom. The Hall–Kier alpha value is -2.16. The van der Waals surface area contributed by atoms with Gasteiger partial charge in [0, 0.05) is 28.6 Å². The first-order valence-electron chi connectivity index (χ1n) is 6.58. The monoisotopic (exact) mass is 300 g/mol.